The van der Waals surface area contributed by atoms with Crippen LogP contribution in [-0.2, 0) is 37.0 Å². The van der Waals surface area contributed by atoms with Crippen molar-refractivity contribution in [1.29, 1.82) is 0 Å². The summed E-state index contributed by atoms with van der Waals surface area (Å²) in [5.41, 5.74) is 1.94. The number of aliphatic carboxylic acids is 1. The van der Waals surface area contributed by atoms with Crippen LogP contribution in [0.3, 0.4) is 0 Å². The highest BCUT2D eigenvalue weighted by molar-refractivity contribution is 5.84. The average Bonchev–Trinajstić information content (AvgIpc) is 3.12. The number of morpholine rings is 1. The van der Waals surface area contributed by atoms with Crippen molar-refractivity contribution in [3.8, 4) is 0 Å². The van der Waals surface area contributed by atoms with Crippen LogP contribution in [0.1, 0.15) is 11.1 Å². The molecular weight excluding hydrogens is 362 g/mol. The molecule has 2 aliphatic heterocycles. The van der Waals surface area contributed by atoms with Gasteiger partial charge in [0.1, 0.15) is 6.10 Å². The maximum absolute atomic E-state index is 12.8. The molecule has 0 aromatic heterocycles. The molecule has 7 heteroatoms. The number of nitrogens with zero attached hydrogens (tertiary/aromatic N) is 1. The van der Waals surface area contributed by atoms with Gasteiger partial charge in [0.2, 0.25) is 6.29 Å². The van der Waals surface area contributed by atoms with Crippen LogP contribution in [0.2, 0.25) is 0 Å². The van der Waals surface area contributed by atoms with Gasteiger partial charge in [-0.1, -0.05) is 60.7 Å². The first-order chi connectivity index (χ1) is 13.6. The van der Waals surface area contributed by atoms with Crippen molar-refractivity contribution in [3.05, 3.63) is 71.8 Å². The highest BCUT2D eigenvalue weighted by atomic mass is 16.7. The SMILES string of the molecule is O=C(O)[C@H]1O[C@@H]2O[C@@H]1[C@H](COCc1ccccc1)N(Cc1ccccc1)C2=O. The van der Waals surface area contributed by atoms with Crippen molar-refractivity contribution in [1.82, 2.24) is 4.90 Å². The zero-order valence-electron chi connectivity index (χ0n) is 15.1. The van der Waals surface area contributed by atoms with Crippen molar-refractivity contribution in [2.45, 2.75) is 37.7 Å². The van der Waals surface area contributed by atoms with E-state index in [1.165, 1.54) is 0 Å². The topological polar surface area (TPSA) is 85.3 Å². The van der Waals surface area contributed by atoms with Crippen LogP contribution in [0.4, 0.5) is 0 Å². The number of amides is 1. The van der Waals surface area contributed by atoms with Crippen LogP contribution in [0.5, 0.6) is 0 Å². The first-order valence-corrected chi connectivity index (χ1v) is 9.13. The third-order valence-electron chi connectivity index (χ3n) is 4.95. The molecule has 1 N–H and O–H groups in total. The van der Waals surface area contributed by atoms with E-state index in [0.717, 1.165) is 11.1 Å². The maximum Gasteiger partial charge on any atom is 0.335 e. The summed E-state index contributed by atoms with van der Waals surface area (Å²) in [6, 6.07) is 18.6. The molecule has 2 aliphatic rings. The monoisotopic (exact) mass is 383 g/mol. The van der Waals surface area contributed by atoms with Gasteiger partial charge >= 0.3 is 5.97 Å². The fourth-order valence-corrected chi connectivity index (χ4v) is 3.57. The summed E-state index contributed by atoms with van der Waals surface area (Å²) in [6.07, 6.45) is -3.15. The number of ether oxygens (including phenoxy) is 3. The van der Waals surface area contributed by atoms with E-state index in [9.17, 15) is 14.7 Å². The Morgan fingerprint density at radius 1 is 1.00 bits per heavy atom. The molecule has 146 valence electrons. The Balaban J connectivity index is 1.53. The molecule has 0 radical (unpaired) electrons. The van der Waals surface area contributed by atoms with Gasteiger partial charge in [-0.3, -0.25) is 4.79 Å². The first-order valence-electron chi connectivity index (χ1n) is 9.13. The van der Waals surface area contributed by atoms with E-state index in [2.05, 4.69) is 0 Å². The van der Waals surface area contributed by atoms with Gasteiger partial charge in [0.15, 0.2) is 6.10 Å². The quantitative estimate of drug-likeness (QED) is 0.785. The third-order valence-corrected chi connectivity index (χ3v) is 4.95. The molecule has 2 heterocycles. The van der Waals surface area contributed by atoms with Crippen molar-refractivity contribution in [2.24, 2.45) is 0 Å². The van der Waals surface area contributed by atoms with Crippen LogP contribution in [0, 0.1) is 0 Å². The van der Waals surface area contributed by atoms with E-state index in [1.54, 1.807) is 4.90 Å². The fourth-order valence-electron chi connectivity index (χ4n) is 3.57. The maximum atomic E-state index is 12.8. The average molecular weight is 383 g/mol. The fraction of sp³-hybridized carbons (Fsp3) is 0.333. The van der Waals surface area contributed by atoms with Gasteiger partial charge in [0, 0.05) is 6.54 Å². The highest BCUT2D eigenvalue weighted by Crippen LogP contribution is 2.33. The molecule has 2 aromatic carbocycles. The smallest absolute Gasteiger partial charge is 0.335 e. The van der Waals surface area contributed by atoms with Crippen LogP contribution in [-0.4, -0.2) is 53.0 Å². The van der Waals surface area contributed by atoms with Crippen molar-refractivity contribution >= 4 is 11.9 Å². The molecule has 2 saturated heterocycles. The molecule has 0 aliphatic carbocycles. The summed E-state index contributed by atoms with van der Waals surface area (Å²) in [6.45, 7) is 0.850. The highest BCUT2D eigenvalue weighted by Gasteiger charge is 2.55. The van der Waals surface area contributed by atoms with Crippen molar-refractivity contribution in [3.63, 3.8) is 0 Å². The molecule has 0 saturated carbocycles. The van der Waals surface area contributed by atoms with Crippen LogP contribution < -0.4 is 0 Å². The van der Waals surface area contributed by atoms with E-state index >= 15 is 0 Å². The van der Waals surface area contributed by atoms with Gasteiger partial charge in [-0.2, -0.15) is 0 Å². The number of carboxylic acids is 1. The number of rotatable bonds is 7. The predicted octanol–water partition coefficient (Wildman–Crippen LogP) is 1.81. The van der Waals surface area contributed by atoms with Gasteiger partial charge in [-0.05, 0) is 11.1 Å². The summed E-state index contributed by atoms with van der Waals surface area (Å²) >= 11 is 0. The molecule has 0 unspecified atom stereocenters. The zero-order valence-corrected chi connectivity index (χ0v) is 15.1. The van der Waals surface area contributed by atoms with E-state index in [-0.39, 0.29) is 12.5 Å². The normalized spacial score (nSPS) is 26.4. The molecule has 7 nitrogen and oxygen atoms in total. The molecule has 1 amide bonds. The number of carboxylic acid groups (broad SMARTS) is 1. The molecule has 28 heavy (non-hydrogen) atoms. The van der Waals surface area contributed by atoms with Crippen LogP contribution >= 0.6 is 0 Å². The lowest BCUT2D eigenvalue weighted by Crippen LogP contribution is -2.58. The number of hydrogen-bond acceptors (Lipinski definition) is 5. The van der Waals surface area contributed by atoms with Gasteiger partial charge in [-0.15, -0.1) is 0 Å². The second-order valence-electron chi connectivity index (χ2n) is 6.85. The summed E-state index contributed by atoms with van der Waals surface area (Å²) in [5.74, 6) is -1.52. The Kier molecular flexibility index (Phi) is 5.38. The lowest BCUT2D eigenvalue weighted by molar-refractivity contribution is -0.183. The van der Waals surface area contributed by atoms with Gasteiger partial charge in [-0.25, -0.2) is 4.79 Å². The summed E-state index contributed by atoms with van der Waals surface area (Å²) < 4.78 is 16.8. The Morgan fingerprint density at radius 2 is 1.64 bits per heavy atom. The lowest BCUT2D eigenvalue weighted by atomic mass is 10.0. The lowest BCUT2D eigenvalue weighted by Gasteiger charge is -2.38. The Hall–Kier alpha value is -2.74. The van der Waals surface area contributed by atoms with Crippen LogP contribution in [0.25, 0.3) is 0 Å². The zero-order chi connectivity index (χ0) is 19.5. The molecule has 4 rings (SSSR count). The van der Waals surface area contributed by atoms with Gasteiger partial charge in [0.05, 0.1) is 19.3 Å². The first kappa shape index (κ1) is 18.6. The second-order valence-corrected chi connectivity index (χ2v) is 6.85. The van der Waals surface area contributed by atoms with E-state index in [1.807, 2.05) is 60.7 Å². The van der Waals surface area contributed by atoms with Crippen LogP contribution in [0.15, 0.2) is 60.7 Å². The minimum absolute atomic E-state index is 0.151. The summed E-state index contributed by atoms with van der Waals surface area (Å²) in [7, 11) is 0. The molecule has 0 spiro atoms. The van der Waals surface area contributed by atoms with E-state index < -0.39 is 30.5 Å². The minimum Gasteiger partial charge on any atom is -0.479 e. The molecule has 2 fully saturated rings. The Bertz CT molecular complexity index is 827. The number of hydrogen-bond donors (Lipinski definition) is 1. The largest absolute Gasteiger partial charge is 0.479 e. The summed E-state index contributed by atoms with van der Waals surface area (Å²) in [5, 5.41) is 9.47. The van der Waals surface area contributed by atoms with Crippen molar-refractivity contribution < 1.29 is 28.9 Å². The van der Waals surface area contributed by atoms with Gasteiger partial charge < -0.3 is 24.2 Å². The minimum atomic E-state index is -1.19. The summed E-state index contributed by atoms with van der Waals surface area (Å²) in [4.78, 5) is 26.0. The molecule has 2 bridgehead atoms. The third kappa shape index (κ3) is 3.77. The molecule has 4 atom stereocenters. The van der Waals surface area contributed by atoms with E-state index in [4.69, 9.17) is 14.2 Å². The number of carbonyl (C=O) groups is 2. The number of fused-ring (bicyclic) bond motifs is 2. The molecular formula is C21H21NO6. The predicted molar refractivity (Wildman–Crippen MR) is 98.0 cm³/mol. The standard InChI is InChI=1S/C21H21NO6/c23-19-21-27-17(18(28-21)20(24)25)16(13-26-12-15-9-5-2-6-10-15)22(19)11-14-7-3-1-4-8-14/h1-10,16-18,21H,11-13H2,(H,24,25)/t16-,17+,18-,21-/m0/s1. The Morgan fingerprint density at radius 3 is 2.29 bits per heavy atom. The number of carbonyl (C=O) groups excluding carboxylic acids is 1. The number of benzene rings is 2. The molecule has 2 aromatic rings. The van der Waals surface area contributed by atoms with E-state index in [0.29, 0.717) is 13.2 Å². The Labute approximate surface area is 162 Å². The van der Waals surface area contributed by atoms with Crippen molar-refractivity contribution in [2.75, 3.05) is 6.61 Å². The second kappa shape index (κ2) is 8.10. The van der Waals surface area contributed by atoms with Gasteiger partial charge in [0.25, 0.3) is 5.91 Å².